The van der Waals surface area contributed by atoms with Gasteiger partial charge in [0, 0.05) is 32.2 Å². The second-order valence-electron chi connectivity index (χ2n) is 6.24. The van der Waals surface area contributed by atoms with E-state index in [2.05, 4.69) is 5.32 Å². The minimum Gasteiger partial charge on any atom is -0.314 e. The summed E-state index contributed by atoms with van der Waals surface area (Å²) in [5.74, 6) is 0. The van der Waals surface area contributed by atoms with E-state index in [1.807, 2.05) is 11.8 Å². The van der Waals surface area contributed by atoms with Crippen LogP contribution in [0.3, 0.4) is 0 Å². The molecule has 1 aromatic carbocycles. The highest BCUT2D eigenvalue weighted by Gasteiger charge is 2.39. The van der Waals surface area contributed by atoms with E-state index in [-0.39, 0.29) is 5.56 Å². The van der Waals surface area contributed by atoms with Gasteiger partial charge in [-0.15, -0.1) is 0 Å². The lowest BCUT2D eigenvalue weighted by molar-refractivity contribution is -0.142. The lowest BCUT2D eigenvalue weighted by Gasteiger charge is -2.36. The molecule has 142 valence electrons. The van der Waals surface area contributed by atoms with Crippen LogP contribution in [0, 0.1) is 0 Å². The molecule has 1 fully saturated rings. The highest BCUT2D eigenvalue weighted by atomic mass is 19.4. The third-order valence-corrected chi connectivity index (χ3v) is 4.47. The maximum Gasteiger partial charge on any atom is 0.416 e. The number of nitrogens with zero attached hydrogens (tertiary/aromatic N) is 1. The van der Waals surface area contributed by atoms with Gasteiger partial charge in [0.05, 0.1) is 11.1 Å². The van der Waals surface area contributed by atoms with E-state index in [0.717, 1.165) is 6.42 Å². The Labute approximate surface area is 143 Å². The molecule has 2 rings (SSSR count). The average Bonchev–Trinajstić information content (AvgIpc) is 2.54. The predicted molar refractivity (Wildman–Crippen MR) is 83.2 cm³/mol. The van der Waals surface area contributed by atoms with Crippen molar-refractivity contribution in [2.75, 3.05) is 26.2 Å². The molecule has 0 bridgehead atoms. The summed E-state index contributed by atoms with van der Waals surface area (Å²) in [7, 11) is 0. The Morgan fingerprint density at radius 3 is 2.20 bits per heavy atom. The van der Waals surface area contributed by atoms with Gasteiger partial charge in [-0.05, 0) is 30.2 Å². The quantitative estimate of drug-likeness (QED) is 0.747. The van der Waals surface area contributed by atoms with E-state index in [4.69, 9.17) is 0 Å². The second-order valence-corrected chi connectivity index (χ2v) is 6.24. The van der Waals surface area contributed by atoms with Crippen LogP contribution in [0.5, 0.6) is 0 Å². The first-order valence-electron chi connectivity index (χ1n) is 8.37. The summed E-state index contributed by atoms with van der Waals surface area (Å²) in [6.07, 6.45) is -7.53. The first-order chi connectivity index (χ1) is 11.6. The van der Waals surface area contributed by atoms with Crippen LogP contribution >= 0.6 is 0 Å². The van der Waals surface area contributed by atoms with E-state index < -0.39 is 29.5 Å². The van der Waals surface area contributed by atoms with E-state index in [1.54, 1.807) is 0 Å². The molecule has 1 N–H and O–H groups in total. The van der Waals surface area contributed by atoms with Gasteiger partial charge in [-0.1, -0.05) is 19.8 Å². The lowest BCUT2D eigenvalue weighted by Crippen LogP contribution is -2.45. The van der Waals surface area contributed by atoms with Gasteiger partial charge >= 0.3 is 12.4 Å². The first-order valence-corrected chi connectivity index (χ1v) is 8.37. The van der Waals surface area contributed by atoms with Gasteiger partial charge in [-0.25, -0.2) is 0 Å². The molecule has 1 heterocycles. The Morgan fingerprint density at radius 1 is 1.04 bits per heavy atom. The Hall–Kier alpha value is -1.28. The summed E-state index contributed by atoms with van der Waals surface area (Å²) in [4.78, 5) is 1.86. The third kappa shape index (κ3) is 5.10. The van der Waals surface area contributed by atoms with Crippen molar-refractivity contribution in [2.24, 2.45) is 0 Å². The molecule has 1 aliphatic rings. The first kappa shape index (κ1) is 20.0. The van der Waals surface area contributed by atoms with Gasteiger partial charge in [0.15, 0.2) is 0 Å². The van der Waals surface area contributed by atoms with Gasteiger partial charge in [0.1, 0.15) is 0 Å². The normalized spacial score (nSPS) is 18.4. The number of piperazine rings is 1. The fraction of sp³-hybridized carbons (Fsp3) is 0.647. The summed E-state index contributed by atoms with van der Waals surface area (Å²) in [6.45, 7) is 4.17. The van der Waals surface area contributed by atoms with Crippen molar-refractivity contribution in [3.63, 3.8) is 0 Å². The number of benzene rings is 1. The number of hydrogen-bond donors (Lipinski definition) is 1. The summed E-state index contributed by atoms with van der Waals surface area (Å²) < 4.78 is 79.4. The van der Waals surface area contributed by atoms with Crippen molar-refractivity contribution < 1.29 is 26.3 Å². The van der Waals surface area contributed by atoms with Crippen molar-refractivity contribution in [3.8, 4) is 0 Å². The SMILES string of the molecule is CCCC[C@@H](c1cc(C(F)(F)F)ccc1C(F)(F)F)N1CCNCC1. The molecule has 2 nitrogen and oxygen atoms in total. The molecule has 1 saturated heterocycles. The number of rotatable bonds is 5. The van der Waals surface area contributed by atoms with Crippen LogP contribution in [0.2, 0.25) is 0 Å². The topological polar surface area (TPSA) is 15.3 Å². The second kappa shape index (κ2) is 7.95. The molecule has 0 radical (unpaired) electrons. The Bertz CT molecular complexity index is 561. The van der Waals surface area contributed by atoms with Crippen LogP contribution in [-0.4, -0.2) is 31.1 Å². The molecule has 1 atom stereocenters. The molecule has 0 amide bonds. The van der Waals surface area contributed by atoms with Crippen LogP contribution in [0.15, 0.2) is 18.2 Å². The zero-order valence-corrected chi connectivity index (χ0v) is 14.0. The standard InChI is InChI=1S/C17H22F6N2/c1-2-3-4-15(25-9-7-24-8-10-25)13-11-12(16(18,19)20)5-6-14(13)17(21,22)23/h5-6,11,15,24H,2-4,7-10H2,1H3/t15-/m0/s1. The maximum atomic E-state index is 13.4. The summed E-state index contributed by atoms with van der Waals surface area (Å²) in [6, 6.07) is 1.10. The molecule has 0 aliphatic carbocycles. The van der Waals surface area contributed by atoms with Gasteiger partial charge < -0.3 is 5.32 Å². The molecule has 1 aliphatic heterocycles. The number of alkyl halides is 6. The van der Waals surface area contributed by atoms with Gasteiger partial charge in [-0.2, -0.15) is 26.3 Å². The Morgan fingerprint density at radius 2 is 1.68 bits per heavy atom. The van der Waals surface area contributed by atoms with Crippen molar-refractivity contribution >= 4 is 0 Å². The molecular formula is C17H22F6N2. The van der Waals surface area contributed by atoms with Crippen molar-refractivity contribution in [3.05, 3.63) is 34.9 Å². The molecule has 0 aromatic heterocycles. The van der Waals surface area contributed by atoms with Crippen molar-refractivity contribution in [2.45, 2.75) is 44.6 Å². The molecule has 0 saturated carbocycles. The van der Waals surface area contributed by atoms with Gasteiger partial charge in [0.25, 0.3) is 0 Å². The summed E-state index contributed by atoms with van der Waals surface area (Å²) in [5.41, 5.74) is -2.27. The fourth-order valence-corrected chi connectivity index (χ4v) is 3.20. The lowest BCUT2D eigenvalue weighted by atomic mass is 9.92. The van der Waals surface area contributed by atoms with Crippen LogP contribution in [0.4, 0.5) is 26.3 Å². The summed E-state index contributed by atoms with van der Waals surface area (Å²) >= 11 is 0. The fourth-order valence-electron chi connectivity index (χ4n) is 3.20. The van der Waals surface area contributed by atoms with Crippen molar-refractivity contribution in [1.29, 1.82) is 0 Å². The molecule has 8 heteroatoms. The minimum atomic E-state index is -4.68. The molecule has 0 unspecified atom stereocenters. The predicted octanol–water partition coefficient (Wildman–Crippen LogP) is 4.86. The highest BCUT2D eigenvalue weighted by molar-refractivity contribution is 5.37. The Kier molecular flexibility index (Phi) is 6.37. The smallest absolute Gasteiger partial charge is 0.314 e. The van der Waals surface area contributed by atoms with Crippen LogP contribution in [0.1, 0.15) is 48.9 Å². The van der Waals surface area contributed by atoms with E-state index >= 15 is 0 Å². The van der Waals surface area contributed by atoms with Crippen LogP contribution in [0.25, 0.3) is 0 Å². The number of halogens is 6. The van der Waals surface area contributed by atoms with E-state index in [0.29, 0.717) is 57.2 Å². The monoisotopic (exact) mass is 368 g/mol. The molecule has 0 spiro atoms. The maximum absolute atomic E-state index is 13.4. The Balaban J connectivity index is 2.51. The van der Waals surface area contributed by atoms with Crippen molar-refractivity contribution in [1.82, 2.24) is 10.2 Å². The van der Waals surface area contributed by atoms with Crippen LogP contribution in [-0.2, 0) is 12.4 Å². The molecular weight excluding hydrogens is 346 g/mol. The minimum absolute atomic E-state index is 0.266. The number of hydrogen-bond acceptors (Lipinski definition) is 2. The van der Waals surface area contributed by atoms with Gasteiger partial charge in [-0.3, -0.25) is 4.90 Å². The van der Waals surface area contributed by atoms with E-state index in [9.17, 15) is 26.3 Å². The molecule has 25 heavy (non-hydrogen) atoms. The molecule has 1 aromatic rings. The zero-order chi connectivity index (χ0) is 18.7. The largest absolute Gasteiger partial charge is 0.416 e. The van der Waals surface area contributed by atoms with E-state index in [1.165, 1.54) is 0 Å². The average molecular weight is 368 g/mol. The highest BCUT2D eigenvalue weighted by Crippen LogP contribution is 2.41. The van der Waals surface area contributed by atoms with Gasteiger partial charge in [0.2, 0.25) is 0 Å². The van der Waals surface area contributed by atoms with Crippen LogP contribution < -0.4 is 5.32 Å². The number of nitrogens with one attached hydrogen (secondary N) is 1. The summed E-state index contributed by atoms with van der Waals surface area (Å²) in [5, 5.41) is 3.11. The zero-order valence-electron chi connectivity index (χ0n) is 14.0. The number of unbranched alkanes of at least 4 members (excludes halogenated alkanes) is 1. The third-order valence-electron chi connectivity index (χ3n) is 4.47.